The molecule has 0 saturated heterocycles. The predicted octanol–water partition coefficient (Wildman–Crippen LogP) is 3.45. The molecule has 0 amide bonds. The lowest BCUT2D eigenvalue weighted by Gasteiger charge is -2.34. The van der Waals surface area contributed by atoms with Gasteiger partial charge in [-0.3, -0.25) is 0 Å². The van der Waals surface area contributed by atoms with Gasteiger partial charge in [-0.25, -0.2) is 4.79 Å². The van der Waals surface area contributed by atoms with Crippen molar-refractivity contribution in [1.82, 2.24) is 10.6 Å². The molecule has 5 N–H and O–H groups in total. The van der Waals surface area contributed by atoms with E-state index < -0.39 is 5.97 Å². The molecule has 0 spiro atoms. The van der Waals surface area contributed by atoms with E-state index in [2.05, 4.69) is 52.2 Å². The number of carbonyl (C=O) groups is 1. The largest absolute Gasteiger partial charge is 0.480 e. The Hall–Kier alpha value is -0.730. The summed E-state index contributed by atoms with van der Waals surface area (Å²) in [5, 5.41) is 15.7. The van der Waals surface area contributed by atoms with Crippen molar-refractivity contribution in [3.63, 3.8) is 0 Å². The SMILES string of the molecule is CC(C)(C)NC1CCC(OCC(=O)O)CC1.CC(C)(C)NC1CCC(OCCN)CC1. The first-order valence-electron chi connectivity index (χ1n) is 12.1. The highest BCUT2D eigenvalue weighted by Crippen LogP contribution is 2.23. The molecule has 0 aromatic heterocycles. The summed E-state index contributed by atoms with van der Waals surface area (Å²) in [6.45, 7) is 14.4. The van der Waals surface area contributed by atoms with Crippen LogP contribution in [0.5, 0.6) is 0 Å². The standard InChI is InChI=1S/C12H26N2O.C12H23NO3/c1-12(2,3)14-10-4-6-11(7-5-10)15-9-8-13;1-12(2,3)13-9-4-6-10(7-5-9)16-8-11(14)15/h10-11,14H,4-9,13H2,1-3H3;9-10,13H,4-8H2,1-3H3,(H,14,15). The first-order valence-corrected chi connectivity index (χ1v) is 12.1. The highest BCUT2D eigenvalue weighted by atomic mass is 16.5. The number of nitrogens with two attached hydrogens (primary N) is 1. The molecule has 0 atom stereocenters. The van der Waals surface area contributed by atoms with Crippen LogP contribution in [-0.4, -0.2) is 66.2 Å². The van der Waals surface area contributed by atoms with Gasteiger partial charge in [-0.15, -0.1) is 0 Å². The lowest BCUT2D eigenvalue weighted by atomic mass is 9.91. The van der Waals surface area contributed by atoms with Crippen LogP contribution in [0.25, 0.3) is 0 Å². The first kappa shape index (κ1) is 28.3. The minimum atomic E-state index is -0.880. The number of hydrogen-bond donors (Lipinski definition) is 4. The normalized spacial score (nSPS) is 27.3. The average Bonchev–Trinajstić information content (AvgIpc) is 2.65. The molecular formula is C24H49N3O4. The average molecular weight is 444 g/mol. The van der Waals surface area contributed by atoms with E-state index in [4.69, 9.17) is 20.3 Å². The number of hydrogen-bond acceptors (Lipinski definition) is 6. The zero-order chi connectivity index (χ0) is 23.5. The molecule has 0 aromatic rings. The molecule has 184 valence electrons. The topological polar surface area (TPSA) is 106 Å². The zero-order valence-corrected chi connectivity index (χ0v) is 20.8. The molecule has 0 bridgehead atoms. The maximum Gasteiger partial charge on any atom is 0.329 e. The molecule has 31 heavy (non-hydrogen) atoms. The van der Waals surface area contributed by atoms with E-state index in [1.165, 1.54) is 25.7 Å². The number of carboxylic acid groups (broad SMARTS) is 1. The molecule has 0 heterocycles. The molecule has 0 aromatic carbocycles. The zero-order valence-electron chi connectivity index (χ0n) is 20.8. The van der Waals surface area contributed by atoms with Gasteiger partial charge in [0.15, 0.2) is 0 Å². The Bertz CT molecular complexity index is 486. The Morgan fingerprint density at radius 1 is 0.806 bits per heavy atom. The van der Waals surface area contributed by atoms with Gasteiger partial charge in [0.2, 0.25) is 0 Å². The Morgan fingerprint density at radius 3 is 1.52 bits per heavy atom. The van der Waals surface area contributed by atoms with E-state index in [1.807, 2.05) is 0 Å². The van der Waals surface area contributed by atoms with Crippen LogP contribution in [0.4, 0.5) is 0 Å². The Kier molecular flexibility index (Phi) is 12.5. The summed E-state index contributed by atoms with van der Waals surface area (Å²) < 4.78 is 11.0. The van der Waals surface area contributed by atoms with Crippen LogP contribution in [0.15, 0.2) is 0 Å². The van der Waals surface area contributed by atoms with Gasteiger partial charge in [0, 0.05) is 29.7 Å². The lowest BCUT2D eigenvalue weighted by molar-refractivity contribution is -0.145. The fourth-order valence-electron chi connectivity index (χ4n) is 4.40. The molecule has 7 heteroatoms. The van der Waals surface area contributed by atoms with Crippen LogP contribution in [0.1, 0.15) is 92.9 Å². The van der Waals surface area contributed by atoms with Crippen LogP contribution in [0.2, 0.25) is 0 Å². The van der Waals surface area contributed by atoms with Crippen molar-refractivity contribution in [2.24, 2.45) is 5.73 Å². The molecule has 2 aliphatic rings. The fourth-order valence-corrected chi connectivity index (χ4v) is 4.40. The summed E-state index contributed by atoms with van der Waals surface area (Å²) in [6, 6.07) is 1.22. The highest BCUT2D eigenvalue weighted by Gasteiger charge is 2.25. The van der Waals surface area contributed by atoms with E-state index in [9.17, 15) is 4.79 Å². The summed E-state index contributed by atoms with van der Waals surface area (Å²) in [7, 11) is 0. The van der Waals surface area contributed by atoms with Crippen LogP contribution in [0, 0.1) is 0 Å². The summed E-state index contributed by atoms with van der Waals surface area (Å²) >= 11 is 0. The van der Waals surface area contributed by atoms with Crippen molar-refractivity contribution in [2.75, 3.05) is 19.8 Å². The maximum atomic E-state index is 10.4. The van der Waals surface area contributed by atoms with Crippen LogP contribution in [-0.2, 0) is 14.3 Å². The van der Waals surface area contributed by atoms with Crippen LogP contribution >= 0.6 is 0 Å². The van der Waals surface area contributed by atoms with E-state index in [0.29, 0.717) is 31.3 Å². The van der Waals surface area contributed by atoms with Gasteiger partial charge < -0.3 is 30.9 Å². The highest BCUT2D eigenvalue weighted by molar-refractivity contribution is 5.68. The summed E-state index contributed by atoms with van der Waals surface area (Å²) in [6.07, 6.45) is 9.45. The van der Waals surface area contributed by atoms with Gasteiger partial charge in [-0.05, 0) is 92.9 Å². The minimum Gasteiger partial charge on any atom is -0.480 e. The van der Waals surface area contributed by atoms with Crippen molar-refractivity contribution in [3.05, 3.63) is 0 Å². The van der Waals surface area contributed by atoms with Crippen molar-refractivity contribution >= 4 is 5.97 Å². The van der Waals surface area contributed by atoms with Crippen molar-refractivity contribution < 1.29 is 19.4 Å². The van der Waals surface area contributed by atoms with E-state index in [-0.39, 0.29) is 23.8 Å². The monoisotopic (exact) mass is 443 g/mol. The molecule has 2 rings (SSSR count). The van der Waals surface area contributed by atoms with Gasteiger partial charge >= 0.3 is 5.97 Å². The molecule has 7 nitrogen and oxygen atoms in total. The summed E-state index contributed by atoms with van der Waals surface area (Å²) in [5.41, 5.74) is 5.80. The second kappa shape index (κ2) is 13.7. The minimum absolute atomic E-state index is 0.133. The summed E-state index contributed by atoms with van der Waals surface area (Å²) in [5.74, 6) is -0.880. The molecule has 0 unspecified atom stereocenters. The molecule has 2 aliphatic carbocycles. The van der Waals surface area contributed by atoms with Gasteiger partial charge in [-0.1, -0.05) is 0 Å². The second-order valence-corrected chi connectivity index (χ2v) is 11.1. The smallest absolute Gasteiger partial charge is 0.329 e. The number of nitrogens with one attached hydrogen (secondary N) is 2. The van der Waals surface area contributed by atoms with E-state index in [1.54, 1.807) is 0 Å². The Labute approximate surface area is 190 Å². The third-order valence-corrected chi connectivity index (χ3v) is 5.54. The number of rotatable bonds is 8. The summed E-state index contributed by atoms with van der Waals surface area (Å²) in [4.78, 5) is 10.4. The third-order valence-electron chi connectivity index (χ3n) is 5.54. The first-order chi connectivity index (χ1) is 14.4. The van der Waals surface area contributed by atoms with Gasteiger partial charge in [0.25, 0.3) is 0 Å². The quantitative estimate of drug-likeness (QED) is 0.455. The van der Waals surface area contributed by atoms with Crippen molar-refractivity contribution in [3.8, 4) is 0 Å². The number of aliphatic carboxylic acids is 1. The number of carboxylic acids is 1. The van der Waals surface area contributed by atoms with Crippen molar-refractivity contribution in [2.45, 2.75) is 128 Å². The lowest BCUT2D eigenvalue weighted by Crippen LogP contribution is -2.46. The Morgan fingerprint density at radius 2 is 1.19 bits per heavy atom. The van der Waals surface area contributed by atoms with Gasteiger partial charge in [0.1, 0.15) is 6.61 Å². The predicted molar refractivity (Wildman–Crippen MR) is 126 cm³/mol. The fraction of sp³-hybridized carbons (Fsp3) is 0.958. The molecule has 0 aliphatic heterocycles. The van der Waals surface area contributed by atoms with Crippen molar-refractivity contribution in [1.29, 1.82) is 0 Å². The molecule has 2 fully saturated rings. The van der Waals surface area contributed by atoms with Crippen LogP contribution in [0.3, 0.4) is 0 Å². The van der Waals surface area contributed by atoms with E-state index >= 15 is 0 Å². The van der Waals surface area contributed by atoms with E-state index in [0.717, 1.165) is 25.7 Å². The maximum absolute atomic E-state index is 10.4. The third kappa shape index (κ3) is 14.9. The Balaban J connectivity index is 0.000000311. The van der Waals surface area contributed by atoms with Crippen LogP contribution < -0.4 is 16.4 Å². The second-order valence-electron chi connectivity index (χ2n) is 11.1. The molecule has 2 saturated carbocycles. The van der Waals surface area contributed by atoms with Gasteiger partial charge in [0.05, 0.1) is 18.8 Å². The molecule has 0 radical (unpaired) electrons. The molecular weight excluding hydrogens is 394 g/mol. The number of ether oxygens (including phenoxy) is 2. The van der Waals surface area contributed by atoms with Gasteiger partial charge in [-0.2, -0.15) is 0 Å².